The summed E-state index contributed by atoms with van der Waals surface area (Å²) in [6.07, 6.45) is 3.00. The van der Waals surface area contributed by atoms with Crippen LogP contribution in [0.2, 0.25) is 0 Å². The van der Waals surface area contributed by atoms with E-state index >= 15 is 0 Å². The molecule has 0 aliphatic heterocycles. The summed E-state index contributed by atoms with van der Waals surface area (Å²) in [5, 5.41) is 3.17. The molecule has 1 aliphatic rings. The molecule has 1 aliphatic carbocycles. The molecule has 0 aromatic heterocycles. The molecule has 1 rings (SSSR count). The van der Waals surface area contributed by atoms with Crippen molar-refractivity contribution in [3.8, 4) is 0 Å². The number of carbonyl (C=O) groups excluding carboxylic acids is 2. The maximum atomic E-state index is 11.0. The Bertz CT molecular complexity index is 260. The van der Waals surface area contributed by atoms with Gasteiger partial charge < -0.3 is 14.8 Å². The van der Waals surface area contributed by atoms with Gasteiger partial charge in [-0.05, 0) is 47.1 Å². The van der Waals surface area contributed by atoms with Crippen molar-refractivity contribution in [3.63, 3.8) is 0 Å². The highest BCUT2D eigenvalue weighted by molar-refractivity contribution is 5.72. The summed E-state index contributed by atoms with van der Waals surface area (Å²) < 4.78 is 9.21. The number of nitrogens with one attached hydrogen (secondary N) is 1. The Morgan fingerprint density at radius 3 is 2.22 bits per heavy atom. The van der Waals surface area contributed by atoms with Gasteiger partial charge in [-0.15, -0.1) is 0 Å². The van der Waals surface area contributed by atoms with Crippen molar-refractivity contribution in [1.82, 2.24) is 5.32 Å². The van der Waals surface area contributed by atoms with Gasteiger partial charge in [0.1, 0.15) is 5.60 Å². The van der Waals surface area contributed by atoms with Crippen LogP contribution in [0.5, 0.6) is 0 Å². The van der Waals surface area contributed by atoms with E-state index in [4.69, 9.17) is 0 Å². The van der Waals surface area contributed by atoms with Gasteiger partial charge in [0, 0.05) is 6.04 Å². The summed E-state index contributed by atoms with van der Waals surface area (Å²) in [4.78, 5) is 20.6. The van der Waals surface area contributed by atoms with E-state index in [9.17, 15) is 9.59 Å². The van der Waals surface area contributed by atoms with Gasteiger partial charge in [0.15, 0.2) is 0 Å². The van der Waals surface area contributed by atoms with Gasteiger partial charge in [-0.2, -0.15) is 0 Å². The van der Waals surface area contributed by atoms with Crippen molar-refractivity contribution in [3.05, 3.63) is 0 Å². The molecule has 5 heteroatoms. The minimum Gasteiger partial charge on any atom is -0.469 e. The van der Waals surface area contributed by atoms with Crippen molar-refractivity contribution < 1.29 is 19.1 Å². The number of methoxy groups -OCH3 is 1. The molecule has 2 atom stereocenters. The Morgan fingerprint density at radius 2 is 1.94 bits per heavy atom. The lowest BCUT2D eigenvalue weighted by Gasteiger charge is -2.14. The monoisotopic (exact) mass is 259 g/mol. The zero-order valence-electron chi connectivity index (χ0n) is 12.0. The largest absolute Gasteiger partial charge is 0.469 e. The highest BCUT2D eigenvalue weighted by atomic mass is 16.5. The van der Waals surface area contributed by atoms with Crippen molar-refractivity contribution in [1.29, 1.82) is 0 Å². The van der Waals surface area contributed by atoms with Gasteiger partial charge in [0.05, 0.1) is 13.0 Å². The Balaban J connectivity index is 0.000000360. The van der Waals surface area contributed by atoms with Gasteiger partial charge in [-0.25, -0.2) is 0 Å². The van der Waals surface area contributed by atoms with Crippen molar-refractivity contribution in [2.45, 2.75) is 51.7 Å². The molecule has 1 fully saturated rings. The second kappa shape index (κ2) is 8.08. The molecule has 0 saturated heterocycles. The topological polar surface area (TPSA) is 64.6 Å². The molecule has 106 valence electrons. The Morgan fingerprint density at radius 1 is 1.33 bits per heavy atom. The molecule has 0 aromatic carbocycles. The third kappa shape index (κ3) is 7.27. The molecule has 5 nitrogen and oxygen atoms in total. The SMILES string of the molecule is CC(C)(C)OC=O.CNC1CC[C@H](C(=O)OC)C1. The van der Waals surface area contributed by atoms with Crippen molar-refractivity contribution in [2.24, 2.45) is 5.92 Å². The van der Waals surface area contributed by atoms with Crippen LogP contribution in [0.15, 0.2) is 0 Å². The van der Waals surface area contributed by atoms with Crippen LogP contribution in [-0.4, -0.2) is 38.2 Å². The van der Waals surface area contributed by atoms with Crippen LogP contribution in [0.1, 0.15) is 40.0 Å². The number of esters is 1. The van der Waals surface area contributed by atoms with Gasteiger partial charge in [0.25, 0.3) is 6.47 Å². The lowest BCUT2D eigenvalue weighted by molar-refractivity contribution is -0.145. The minimum absolute atomic E-state index is 0.0530. The van der Waals surface area contributed by atoms with Crippen LogP contribution in [-0.2, 0) is 19.1 Å². The van der Waals surface area contributed by atoms with Crippen LogP contribution in [0.4, 0.5) is 0 Å². The third-order valence-corrected chi connectivity index (χ3v) is 2.78. The fraction of sp³-hybridized carbons (Fsp3) is 0.846. The van der Waals surface area contributed by atoms with E-state index in [0.717, 1.165) is 19.3 Å². The van der Waals surface area contributed by atoms with E-state index < -0.39 is 0 Å². The number of rotatable bonds is 3. The van der Waals surface area contributed by atoms with Crippen molar-refractivity contribution in [2.75, 3.05) is 14.2 Å². The smallest absolute Gasteiger partial charge is 0.308 e. The van der Waals surface area contributed by atoms with Crippen LogP contribution in [0.25, 0.3) is 0 Å². The molecule has 0 bridgehead atoms. The quantitative estimate of drug-likeness (QED) is 0.614. The first-order valence-electron chi connectivity index (χ1n) is 6.20. The second-order valence-electron chi connectivity index (χ2n) is 5.35. The first-order chi connectivity index (χ1) is 8.34. The predicted octanol–water partition coefficient (Wildman–Crippen LogP) is 1.51. The summed E-state index contributed by atoms with van der Waals surface area (Å²) in [7, 11) is 3.39. The van der Waals surface area contributed by atoms with E-state index in [1.807, 2.05) is 27.8 Å². The molecule has 0 aromatic rings. The lowest BCUT2D eigenvalue weighted by Crippen LogP contribution is -2.23. The standard InChI is InChI=1S/C8H15NO2.C5H10O2/c1-9-7-4-3-6(5-7)8(10)11-2;1-5(2,3)7-4-6/h6-7,9H,3-5H2,1-2H3;4H,1-3H3/t6-,7?;/m0./s1. The summed E-state index contributed by atoms with van der Waals surface area (Å²) in [6, 6.07) is 0.513. The van der Waals surface area contributed by atoms with Gasteiger partial charge in [-0.1, -0.05) is 0 Å². The Kier molecular flexibility index (Phi) is 7.59. The lowest BCUT2D eigenvalue weighted by atomic mass is 10.1. The molecular weight excluding hydrogens is 234 g/mol. The van der Waals surface area contributed by atoms with Gasteiger partial charge in [-0.3, -0.25) is 9.59 Å². The van der Waals surface area contributed by atoms with Crippen LogP contribution in [0, 0.1) is 5.92 Å². The first-order valence-corrected chi connectivity index (χ1v) is 6.20. The van der Waals surface area contributed by atoms with E-state index in [1.54, 1.807) is 0 Å². The predicted molar refractivity (Wildman–Crippen MR) is 69.1 cm³/mol. The first kappa shape index (κ1) is 16.9. The fourth-order valence-electron chi connectivity index (χ4n) is 1.77. The molecule has 1 N–H and O–H groups in total. The molecule has 18 heavy (non-hydrogen) atoms. The van der Waals surface area contributed by atoms with Crippen LogP contribution >= 0.6 is 0 Å². The van der Waals surface area contributed by atoms with E-state index in [2.05, 4.69) is 14.8 Å². The zero-order valence-corrected chi connectivity index (χ0v) is 12.0. The summed E-state index contributed by atoms with van der Waals surface area (Å²) in [6.45, 7) is 5.92. The fourth-order valence-corrected chi connectivity index (χ4v) is 1.77. The third-order valence-electron chi connectivity index (χ3n) is 2.78. The van der Waals surface area contributed by atoms with E-state index in [-0.39, 0.29) is 17.5 Å². The number of hydrogen-bond acceptors (Lipinski definition) is 5. The van der Waals surface area contributed by atoms with Crippen molar-refractivity contribution >= 4 is 12.4 Å². The molecule has 0 radical (unpaired) electrons. The highest BCUT2D eigenvalue weighted by Crippen LogP contribution is 2.25. The summed E-state index contributed by atoms with van der Waals surface area (Å²) in [5.74, 6) is 0.0835. The molecule has 1 unspecified atom stereocenters. The maximum absolute atomic E-state index is 11.0. The highest BCUT2D eigenvalue weighted by Gasteiger charge is 2.29. The molecule has 0 amide bonds. The molecular formula is C13H25NO4. The van der Waals surface area contributed by atoms with Crippen LogP contribution < -0.4 is 5.32 Å². The number of hydrogen-bond donors (Lipinski definition) is 1. The Hall–Kier alpha value is -1.10. The van der Waals surface area contributed by atoms with Crippen LogP contribution in [0.3, 0.4) is 0 Å². The average Bonchev–Trinajstić information content (AvgIpc) is 2.75. The minimum atomic E-state index is -0.318. The average molecular weight is 259 g/mol. The zero-order chi connectivity index (χ0) is 14.2. The Labute approximate surface area is 109 Å². The second-order valence-corrected chi connectivity index (χ2v) is 5.35. The summed E-state index contributed by atoms with van der Waals surface area (Å²) in [5.41, 5.74) is -0.318. The molecule has 1 saturated carbocycles. The number of carbonyl (C=O) groups is 2. The molecule has 0 heterocycles. The van der Waals surface area contributed by atoms with Gasteiger partial charge >= 0.3 is 5.97 Å². The molecule has 0 spiro atoms. The normalized spacial score (nSPS) is 22.7. The summed E-state index contributed by atoms with van der Waals surface area (Å²) >= 11 is 0. The van der Waals surface area contributed by atoms with E-state index in [0.29, 0.717) is 12.5 Å². The van der Waals surface area contributed by atoms with E-state index in [1.165, 1.54) is 7.11 Å². The van der Waals surface area contributed by atoms with Gasteiger partial charge in [0.2, 0.25) is 0 Å². The number of ether oxygens (including phenoxy) is 2. The maximum Gasteiger partial charge on any atom is 0.308 e.